The van der Waals surface area contributed by atoms with E-state index >= 15 is 0 Å². The largest absolute Gasteiger partial charge is 0.339 e. The second-order valence-corrected chi connectivity index (χ2v) is 8.97. The van der Waals surface area contributed by atoms with E-state index in [-0.39, 0.29) is 17.6 Å². The summed E-state index contributed by atoms with van der Waals surface area (Å²) in [4.78, 5) is 33.2. The zero-order valence-corrected chi connectivity index (χ0v) is 17.9. The van der Waals surface area contributed by atoms with Gasteiger partial charge in [-0.05, 0) is 31.5 Å². The zero-order chi connectivity index (χ0) is 19.9. The minimum atomic E-state index is -0.0771. The number of thioether (sulfide) groups is 1. The van der Waals surface area contributed by atoms with Gasteiger partial charge in [-0.3, -0.25) is 14.5 Å². The molecule has 0 atom stereocenters. The number of carbonyl (C=O) groups excluding carboxylic acids is 2. The molecule has 150 valence electrons. The normalized spacial score (nSPS) is 14.9. The average Bonchev–Trinajstić information content (AvgIpc) is 3.07. The molecule has 0 aliphatic carbocycles. The summed E-state index contributed by atoms with van der Waals surface area (Å²) in [5.41, 5.74) is 3.01. The molecular formula is C20H26N4O2S2. The number of hydrogen-bond acceptors (Lipinski definition) is 6. The molecule has 0 spiro atoms. The SMILES string of the molecule is Cc1cccc(NC(=O)CSCC(=O)N2CCN(Cc3csc(C)n3)CC2)c1. The molecule has 28 heavy (non-hydrogen) atoms. The van der Waals surface area contributed by atoms with Gasteiger partial charge in [0.05, 0.1) is 22.2 Å². The van der Waals surface area contributed by atoms with Crippen molar-refractivity contribution in [2.24, 2.45) is 0 Å². The van der Waals surface area contributed by atoms with Gasteiger partial charge in [-0.15, -0.1) is 23.1 Å². The van der Waals surface area contributed by atoms with Crippen LogP contribution in [0, 0.1) is 13.8 Å². The molecule has 1 aliphatic rings. The molecule has 1 N–H and O–H groups in total. The number of nitrogens with zero attached hydrogens (tertiary/aromatic N) is 3. The highest BCUT2D eigenvalue weighted by Gasteiger charge is 2.21. The van der Waals surface area contributed by atoms with Crippen molar-refractivity contribution >= 4 is 40.6 Å². The molecule has 1 saturated heterocycles. The third-order valence-corrected chi connectivity index (χ3v) is 6.28. The lowest BCUT2D eigenvalue weighted by molar-refractivity contribution is -0.130. The molecule has 2 amide bonds. The number of anilines is 1. The Morgan fingerprint density at radius 2 is 1.96 bits per heavy atom. The first-order valence-electron chi connectivity index (χ1n) is 9.35. The van der Waals surface area contributed by atoms with E-state index in [9.17, 15) is 9.59 Å². The van der Waals surface area contributed by atoms with E-state index in [1.54, 1.807) is 11.3 Å². The van der Waals surface area contributed by atoms with Gasteiger partial charge in [-0.1, -0.05) is 12.1 Å². The molecule has 6 nitrogen and oxygen atoms in total. The highest BCUT2D eigenvalue weighted by Crippen LogP contribution is 2.14. The van der Waals surface area contributed by atoms with E-state index in [2.05, 4.69) is 20.6 Å². The van der Waals surface area contributed by atoms with E-state index in [1.807, 2.05) is 43.0 Å². The van der Waals surface area contributed by atoms with Gasteiger partial charge in [0, 0.05) is 43.8 Å². The highest BCUT2D eigenvalue weighted by molar-refractivity contribution is 8.00. The molecule has 0 saturated carbocycles. The summed E-state index contributed by atoms with van der Waals surface area (Å²) in [6.07, 6.45) is 0. The van der Waals surface area contributed by atoms with E-state index < -0.39 is 0 Å². The summed E-state index contributed by atoms with van der Waals surface area (Å²) in [5, 5.41) is 6.06. The number of carbonyl (C=O) groups is 2. The Labute approximate surface area is 174 Å². The van der Waals surface area contributed by atoms with Crippen LogP contribution in [0.4, 0.5) is 5.69 Å². The molecule has 2 aromatic rings. The molecule has 1 fully saturated rings. The van der Waals surface area contributed by atoms with Crippen molar-refractivity contribution < 1.29 is 9.59 Å². The van der Waals surface area contributed by atoms with Gasteiger partial charge in [-0.2, -0.15) is 0 Å². The molecule has 2 heterocycles. The van der Waals surface area contributed by atoms with E-state index in [0.717, 1.165) is 54.7 Å². The Bertz CT molecular complexity index is 816. The van der Waals surface area contributed by atoms with Crippen LogP contribution >= 0.6 is 23.1 Å². The van der Waals surface area contributed by atoms with Crippen molar-refractivity contribution in [1.82, 2.24) is 14.8 Å². The van der Waals surface area contributed by atoms with Crippen LogP contribution in [0.1, 0.15) is 16.3 Å². The van der Waals surface area contributed by atoms with Crippen LogP contribution in [0.2, 0.25) is 0 Å². The van der Waals surface area contributed by atoms with Gasteiger partial charge in [-0.25, -0.2) is 4.98 Å². The molecule has 0 radical (unpaired) electrons. The van der Waals surface area contributed by atoms with Crippen molar-refractivity contribution in [3.8, 4) is 0 Å². The Kier molecular flexibility index (Phi) is 7.47. The van der Waals surface area contributed by atoms with Crippen LogP contribution in [0.3, 0.4) is 0 Å². The number of nitrogens with one attached hydrogen (secondary N) is 1. The summed E-state index contributed by atoms with van der Waals surface area (Å²) in [6, 6.07) is 7.70. The van der Waals surface area contributed by atoms with Crippen LogP contribution in [0.15, 0.2) is 29.6 Å². The highest BCUT2D eigenvalue weighted by atomic mass is 32.2. The molecule has 3 rings (SSSR count). The van der Waals surface area contributed by atoms with Crippen LogP contribution < -0.4 is 5.32 Å². The summed E-state index contributed by atoms with van der Waals surface area (Å²) >= 11 is 3.04. The zero-order valence-electron chi connectivity index (χ0n) is 16.3. The van der Waals surface area contributed by atoms with Gasteiger partial charge in [0.15, 0.2) is 0 Å². The smallest absolute Gasteiger partial charge is 0.234 e. The summed E-state index contributed by atoms with van der Waals surface area (Å²) in [7, 11) is 0. The molecule has 1 aromatic heterocycles. The lowest BCUT2D eigenvalue weighted by Gasteiger charge is -2.34. The predicted molar refractivity (Wildman–Crippen MR) is 116 cm³/mol. The van der Waals surface area contributed by atoms with Crippen molar-refractivity contribution in [2.75, 3.05) is 43.0 Å². The molecule has 1 aliphatic heterocycles. The first-order chi connectivity index (χ1) is 13.5. The van der Waals surface area contributed by atoms with Gasteiger partial charge in [0.1, 0.15) is 0 Å². The first kappa shape index (κ1) is 20.8. The second kappa shape index (κ2) is 10.0. The van der Waals surface area contributed by atoms with Crippen molar-refractivity contribution in [1.29, 1.82) is 0 Å². The number of piperazine rings is 1. The predicted octanol–water partition coefficient (Wildman–Crippen LogP) is 2.78. The lowest BCUT2D eigenvalue weighted by atomic mass is 10.2. The Balaban J connectivity index is 1.33. The van der Waals surface area contributed by atoms with Crippen LogP contribution in [-0.2, 0) is 16.1 Å². The molecule has 8 heteroatoms. The topological polar surface area (TPSA) is 65.5 Å². The fourth-order valence-electron chi connectivity index (χ4n) is 3.11. The van der Waals surface area contributed by atoms with E-state index in [0.29, 0.717) is 5.75 Å². The van der Waals surface area contributed by atoms with Crippen molar-refractivity contribution in [3.05, 3.63) is 45.9 Å². The quantitative estimate of drug-likeness (QED) is 0.749. The Hall–Kier alpha value is -1.90. The second-order valence-electron chi connectivity index (χ2n) is 6.93. The monoisotopic (exact) mass is 418 g/mol. The molecule has 0 bridgehead atoms. The van der Waals surface area contributed by atoms with Crippen LogP contribution in [-0.4, -0.2) is 64.3 Å². The molecular weight excluding hydrogens is 392 g/mol. The minimum absolute atomic E-state index is 0.0771. The standard InChI is InChI=1S/C20H26N4O2S2/c1-15-4-3-5-17(10-15)22-19(25)13-27-14-20(26)24-8-6-23(7-9-24)11-18-12-28-16(2)21-18/h3-5,10,12H,6-9,11,13-14H2,1-2H3,(H,22,25). The van der Waals surface area contributed by atoms with Gasteiger partial charge >= 0.3 is 0 Å². The fourth-order valence-corrected chi connectivity index (χ4v) is 4.43. The molecule has 0 unspecified atom stereocenters. The third-order valence-electron chi connectivity index (χ3n) is 4.54. The number of amides is 2. The van der Waals surface area contributed by atoms with E-state index in [4.69, 9.17) is 0 Å². The van der Waals surface area contributed by atoms with Crippen molar-refractivity contribution in [3.63, 3.8) is 0 Å². The van der Waals surface area contributed by atoms with Gasteiger partial charge < -0.3 is 10.2 Å². The Morgan fingerprint density at radius 3 is 2.64 bits per heavy atom. The summed E-state index contributed by atoms with van der Waals surface area (Å²) in [6.45, 7) is 8.04. The lowest BCUT2D eigenvalue weighted by Crippen LogP contribution is -2.48. The number of aryl methyl sites for hydroxylation is 2. The number of benzene rings is 1. The molecule has 1 aromatic carbocycles. The fraction of sp³-hybridized carbons (Fsp3) is 0.450. The van der Waals surface area contributed by atoms with Crippen LogP contribution in [0.5, 0.6) is 0 Å². The average molecular weight is 419 g/mol. The third kappa shape index (κ3) is 6.32. The maximum absolute atomic E-state index is 12.4. The summed E-state index contributed by atoms with van der Waals surface area (Å²) < 4.78 is 0. The van der Waals surface area contributed by atoms with Gasteiger partial charge in [0.25, 0.3) is 0 Å². The van der Waals surface area contributed by atoms with Crippen LogP contribution in [0.25, 0.3) is 0 Å². The number of aromatic nitrogens is 1. The van der Waals surface area contributed by atoms with Gasteiger partial charge in [0.2, 0.25) is 11.8 Å². The Morgan fingerprint density at radius 1 is 1.18 bits per heavy atom. The minimum Gasteiger partial charge on any atom is -0.339 e. The number of thiazole rings is 1. The maximum Gasteiger partial charge on any atom is 0.234 e. The number of hydrogen-bond donors (Lipinski definition) is 1. The number of rotatable bonds is 7. The van der Waals surface area contributed by atoms with Crippen molar-refractivity contribution in [2.45, 2.75) is 20.4 Å². The van der Waals surface area contributed by atoms with E-state index in [1.165, 1.54) is 11.8 Å². The summed E-state index contributed by atoms with van der Waals surface area (Å²) in [5.74, 6) is 0.652. The maximum atomic E-state index is 12.4. The first-order valence-corrected chi connectivity index (χ1v) is 11.4.